The van der Waals surface area contributed by atoms with E-state index in [1.54, 1.807) is 12.3 Å². The standard InChI is InChI=1S/C22H27N3O3/c26-21(24-11-4-7-18-5-2-1-3-6-18)19-8-12-23-20(17-19)25-13-9-22(10-14-25)27-15-16-28-22/h1-3,5-6,8,12,17H,4,7,9-11,13-16H2,(H,24,26). The Morgan fingerprint density at radius 3 is 2.61 bits per heavy atom. The number of aryl methyl sites for hydroxylation is 1. The predicted octanol–water partition coefficient (Wildman–Crippen LogP) is 2.79. The van der Waals surface area contributed by atoms with Crippen molar-refractivity contribution in [1.29, 1.82) is 0 Å². The Morgan fingerprint density at radius 2 is 1.86 bits per heavy atom. The number of benzene rings is 1. The van der Waals surface area contributed by atoms with Gasteiger partial charge in [0.15, 0.2) is 5.79 Å². The molecule has 0 unspecified atom stereocenters. The van der Waals surface area contributed by atoms with E-state index in [1.165, 1.54) is 5.56 Å². The van der Waals surface area contributed by atoms with Crippen molar-refractivity contribution in [3.8, 4) is 0 Å². The van der Waals surface area contributed by atoms with Crippen molar-refractivity contribution in [1.82, 2.24) is 10.3 Å². The van der Waals surface area contributed by atoms with Crippen LogP contribution in [0.2, 0.25) is 0 Å². The zero-order chi connectivity index (χ0) is 19.2. The van der Waals surface area contributed by atoms with Gasteiger partial charge in [-0.15, -0.1) is 0 Å². The Kier molecular flexibility index (Phi) is 5.88. The number of piperidine rings is 1. The maximum Gasteiger partial charge on any atom is 0.251 e. The average molecular weight is 381 g/mol. The van der Waals surface area contributed by atoms with E-state index in [0.29, 0.717) is 25.3 Å². The molecule has 0 radical (unpaired) electrons. The lowest BCUT2D eigenvalue weighted by Gasteiger charge is -2.38. The highest BCUT2D eigenvalue weighted by Crippen LogP contribution is 2.32. The van der Waals surface area contributed by atoms with Crippen LogP contribution in [0.15, 0.2) is 48.7 Å². The quantitative estimate of drug-likeness (QED) is 0.780. The van der Waals surface area contributed by atoms with Gasteiger partial charge in [0.25, 0.3) is 5.91 Å². The highest BCUT2D eigenvalue weighted by atomic mass is 16.7. The highest BCUT2D eigenvalue weighted by Gasteiger charge is 2.40. The van der Waals surface area contributed by atoms with Gasteiger partial charge < -0.3 is 19.7 Å². The maximum absolute atomic E-state index is 12.5. The van der Waals surface area contributed by atoms with Crippen molar-refractivity contribution < 1.29 is 14.3 Å². The molecule has 2 aromatic rings. The molecule has 1 aromatic carbocycles. The van der Waals surface area contributed by atoms with Gasteiger partial charge in [-0.2, -0.15) is 0 Å². The van der Waals surface area contributed by atoms with E-state index >= 15 is 0 Å². The van der Waals surface area contributed by atoms with Gasteiger partial charge in [-0.1, -0.05) is 30.3 Å². The molecular weight excluding hydrogens is 354 g/mol. The van der Waals surface area contributed by atoms with Gasteiger partial charge in [0.05, 0.1) is 13.2 Å². The molecular formula is C22H27N3O3. The topological polar surface area (TPSA) is 63.7 Å². The minimum atomic E-state index is -0.399. The molecule has 2 fully saturated rings. The number of hydrogen-bond donors (Lipinski definition) is 1. The fourth-order valence-electron chi connectivity index (χ4n) is 3.84. The van der Waals surface area contributed by atoms with E-state index in [2.05, 4.69) is 27.3 Å². The number of nitrogens with one attached hydrogen (secondary N) is 1. The lowest BCUT2D eigenvalue weighted by atomic mass is 10.0. The van der Waals surface area contributed by atoms with Crippen LogP contribution in [-0.2, 0) is 15.9 Å². The lowest BCUT2D eigenvalue weighted by Crippen LogP contribution is -2.45. The first-order valence-electron chi connectivity index (χ1n) is 10.1. The van der Waals surface area contributed by atoms with Crippen molar-refractivity contribution in [3.05, 3.63) is 59.8 Å². The Bertz CT molecular complexity index is 781. The number of aromatic nitrogens is 1. The van der Waals surface area contributed by atoms with Crippen molar-refractivity contribution >= 4 is 11.7 Å². The molecule has 148 valence electrons. The summed E-state index contributed by atoms with van der Waals surface area (Å²) in [6, 6.07) is 14.0. The van der Waals surface area contributed by atoms with Crippen LogP contribution >= 0.6 is 0 Å². The van der Waals surface area contributed by atoms with Crippen LogP contribution in [0.25, 0.3) is 0 Å². The van der Waals surface area contributed by atoms with E-state index in [0.717, 1.165) is 44.6 Å². The second-order valence-corrected chi connectivity index (χ2v) is 7.34. The number of anilines is 1. The molecule has 0 bridgehead atoms. The number of ether oxygens (including phenoxy) is 2. The summed E-state index contributed by atoms with van der Waals surface area (Å²) in [5.41, 5.74) is 1.94. The van der Waals surface area contributed by atoms with Crippen LogP contribution in [0.3, 0.4) is 0 Å². The summed E-state index contributed by atoms with van der Waals surface area (Å²) in [5, 5.41) is 3.01. The summed E-state index contributed by atoms with van der Waals surface area (Å²) in [5.74, 6) is 0.391. The van der Waals surface area contributed by atoms with Crippen LogP contribution in [0, 0.1) is 0 Å². The number of carbonyl (C=O) groups is 1. The summed E-state index contributed by atoms with van der Waals surface area (Å²) >= 11 is 0. The van der Waals surface area contributed by atoms with Gasteiger partial charge >= 0.3 is 0 Å². The van der Waals surface area contributed by atoms with E-state index in [1.807, 2.05) is 24.3 Å². The molecule has 0 saturated carbocycles. The Hall–Kier alpha value is -2.44. The molecule has 0 atom stereocenters. The van der Waals surface area contributed by atoms with Gasteiger partial charge in [-0.05, 0) is 30.5 Å². The Balaban J connectivity index is 1.27. The van der Waals surface area contributed by atoms with Gasteiger partial charge in [0.2, 0.25) is 0 Å². The average Bonchev–Trinajstić information content (AvgIpc) is 3.20. The number of rotatable bonds is 6. The molecule has 2 aliphatic rings. The number of hydrogen-bond acceptors (Lipinski definition) is 5. The second-order valence-electron chi connectivity index (χ2n) is 7.34. The van der Waals surface area contributed by atoms with E-state index in [4.69, 9.17) is 9.47 Å². The molecule has 28 heavy (non-hydrogen) atoms. The maximum atomic E-state index is 12.5. The first-order chi connectivity index (χ1) is 13.7. The van der Waals surface area contributed by atoms with E-state index in [-0.39, 0.29) is 5.91 Å². The van der Waals surface area contributed by atoms with Crippen LogP contribution in [0.1, 0.15) is 35.2 Å². The lowest BCUT2D eigenvalue weighted by molar-refractivity contribution is -0.169. The third kappa shape index (κ3) is 4.51. The van der Waals surface area contributed by atoms with Crippen LogP contribution in [0.5, 0.6) is 0 Å². The first-order valence-corrected chi connectivity index (χ1v) is 10.1. The molecule has 2 saturated heterocycles. The summed E-state index contributed by atoms with van der Waals surface area (Å²) in [7, 11) is 0. The summed E-state index contributed by atoms with van der Waals surface area (Å²) in [6.45, 7) is 3.65. The van der Waals surface area contributed by atoms with Crippen molar-refractivity contribution in [3.63, 3.8) is 0 Å². The minimum absolute atomic E-state index is 0.0485. The summed E-state index contributed by atoms with van der Waals surface area (Å²) in [4.78, 5) is 19.2. The van der Waals surface area contributed by atoms with E-state index in [9.17, 15) is 4.79 Å². The molecule has 6 heteroatoms. The zero-order valence-corrected chi connectivity index (χ0v) is 16.1. The summed E-state index contributed by atoms with van der Waals surface area (Å²) in [6.07, 6.45) is 5.24. The minimum Gasteiger partial charge on any atom is -0.356 e. The van der Waals surface area contributed by atoms with Crippen molar-refractivity contribution in [2.45, 2.75) is 31.5 Å². The van der Waals surface area contributed by atoms with Crippen molar-refractivity contribution in [2.75, 3.05) is 37.7 Å². The third-order valence-corrected chi connectivity index (χ3v) is 5.44. The van der Waals surface area contributed by atoms with Crippen molar-refractivity contribution in [2.24, 2.45) is 0 Å². The number of amides is 1. The van der Waals surface area contributed by atoms with Gasteiger partial charge in [0.1, 0.15) is 5.82 Å². The molecule has 1 amide bonds. The van der Waals surface area contributed by atoms with E-state index < -0.39 is 5.79 Å². The number of pyridine rings is 1. The number of nitrogens with zero attached hydrogens (tertiary/aromatic N) is 2. The fraction of sp³-hybridized carbons (Fsp3) is 0.455. The third-order valence-electron chi connectivity index (χ3n) is 5.44. The van der Waals surface area contributed by atoms with Gasteiger partial charge in [0, 0.05) is 44.2 Å². The molecule has 1 N–H and O–H groups in total. The van der Waals surface area contributed by atoms with Crippen LogP contribution in [0.4, 0.5) is 5.82 Å². The van der Waals surface area contributed by atoms with Gasteiger partial charge in [-0.25, -0.2) is 4.98 Å². The Labute approximate surface area is 165 Å². The SMILES string of the molecule is O=C(NCCCc1ccccc1)c1ccnc(N2CCC3(CC2)OCCO3)c1. The smallest absolute Gasteiger partial charge is 0.251 e. The first kappa shape index (κ1) is 18.9. The number of carbonyl (C=O) groups excluding carboxylic acids is 1. The molecule has 1 aromatic heterocycles. The molecule has 4 rings (SSSR count). The Morgan fingerprint density at radius 1 is 1.11 bits per heavy atom. The molecule has 6 nitrogen and oxygen atoms in total. The molecule has 0 aliphatic carbocycles. The van der Waals surface area contributed by atoms with Gasteiger partial charge in [-0.3, -0.25) is 4.79 Å². The predicted molar refractivity (Wildman–Crippen MR) is 107 cm³/mol. The largest absolute Gasteiger partial charge is 0.356 e. The highest BCUT2D eigenvalue weighted by molar-refractivity contribution is 5.94. The molecule has 3 heterocycles. The fourth-order valence-corrected chi connectivity index (χ4v) is 3.84. The summed E-state index contributed by atoms with van der Waals surface area (Å²) < 4.78 is 11.6. The monoisotopic (exact) mass is 381 g/mol. The molecule has 2 aliphatic heterocycles. The zero-order valence-electron chi connectivity index (χ0n) is 16.1. The normalized spacial score (nSPS) is 18.4. The van der Waals surface area contributed by atoms with Crippen LogP contribution in [-0.4, -0.2) is 49.5 Å². The van der Waals surface area contributed by atoms with Crippen LogP contribution < -0.4 is 10.2 Å². The second kappa shape index (κ2) is 8.71. The molecule has 1 spiro atoms.